The van der Waals surface area contributed by atoms with Crippen molar-refractivity contribution in [1.29, 1.82) is 0 Å². The van der Waals surface area contributed by atoms with Crippen molar-refractivity contribution in [2.75, 3.05) is 5.32 Å². The Morgan fingerprint density at radius 1 is 1.19 bits per heavy atom. The van der Waals surface area contributed by atoms with Crippen LogP contribution in [0.5, 0.6) is 0 Å². The van der Waals surface area contributed by atoms with Gasteiger partial charge in [0.05, 0.1) is 6.20 Å². The van der Waals surface area contributed by atoms with E-state index >= 15 is 0 Å². The van der Waals surface area contributed by atoms with E-state index in [9.17, 15) is 13.8 Å². The zero-order valence-electron chi connectivity index (χ0n) is 14.9. The molecule has 0 saturated carbocycles. The number of hydrogen-bond donors (Lipinski definition) is 2. The highest BCUT2D eigenvalue weighted by Crippen LogP contribution is 2.38. The Kier molecular flexibility index (Phi) is 4.61. The van der Waals surface area contributed by atoms with Crippen molar-refractivity contribution in [3.8, 4) is 0 Å². The SMILES string of the molecule is CC(=O)c1ncc(S(N)(=O)=NC(=O)Nc2c3c(cc4c2CCC4)CCC3)s1. The molecular weight excluding hydrogens is 384 g/mol. The van der Waals surface area contributed by atoms with E-state index < -0.39 is 15.9 Å². The molecule has 0 bridgehead atoms. The number of aryl methyl sites for hydroxylation is 2. The summed E-state index contributed by atoms with van der Waals surface area (Å²) in [5.74, 6) is -0.249. The zero-order chi connectivity index (χ0) is 19.2. The number of carbonyl (C=O) groups is 2. The van der Waals surface area contributed by atoms with Crippen molar-refractivity contribution in [2.45, 2.75) is 49.7 Å². The average molecular weight is 405 g/mol. The molecule has 0 spiro atoms. The minimum atomic E-state index is -3.45. The minimum Gasteiger partial charge on any atom is -0.305 e. The van der Waals surface area contributed by atoms with Gasteiger partial charge in [-0.05, 0) is 60.8 Å². The van der Waals surface area contributed by atoms with Crippen LogP contribution in [-0.4, -0.2) is 21.0 Å². The molecular formula is C18H20N4O3S2. The number of hydrogen-bond acceptors (Lipinski definition) is 5. The molecule has 7 nitrogen and oxygen atoms in total. The zero-order valence-corrected chi connectivity index (χ0v) is 16.5. The van der Waals surface area contributed by atoms with Crippen molar-refractivity contribution < 1.29 is 13.8 Å². The fourth-order valence-corrected chi connectivity index (χ4v) is 5.78. The Morgan fingerprint density at radius 3 is 2.37 bits per heavy atom. The third-order valence-corrected chi connectivity index (χ3v) is 7.98. The number of carbonyl (C=O) groups excluding carboxylic acids is 2. The van der Waals surface area contributed by atoms with E-state index in [-0.39, 0.29) is 15.0 Å². The number of urea groups is 1. The van der Waals surface area contributed by atoms with Crippen LogP contribution in [0.15, 0.2) is 20.8 Å². The summed E-state index contributed by atoms with van der Waals surface area (Å²) in [5.41, 5.74) is 5.73. The van der Waals surface area contributed by atoms with Gasteiger partial charge in [0.25, 0.3) is 0 Å². The van der Waals surface area contributed by atoms with Crippen LogP contribution >= 0.6 is 11.3 Å². The predicted octanol–water partition coefficient (Wildman–Crippen LogP) is 3.26. The first-order valence-electron chi connectivity index (χ1n) is 8.84. The van der Waals surface area contributed by atoms with Gasteiger partial charge in [-0.3, -0.25) is 4.79 Å². The van der Waals surface area contributed by atoms with Gasteiger partial charge in [0.15, 0.2) is 20.7 Å². The van der Waals surface area contributed by atoms with Gasteiger partial charge in [-0.1, -0.05) is 17.4 Å². The lowest BCUT2D eigenvalue weighted by atomic mass is 9.99. The number of benzene rings is 1. The van der Waals surface area contributed by atoms with Gasteiger partial charge >= 0.3 is 6.03 Å². The van der Waals surface area contributed by atoms with Crippen LogP contribution in [0, 0.1) is 0 Å². The molecule has 4 rings (SSSR count). The summed E-state index contributed by atoms with van der Waals surface area (Å²) in [6, 6.07) is 1.54. The van der Waals surface area contributed by atoms with Gasteiger partial charge in [0.1, 0.15) is 4.21 Å². The van der Waals surface area contributed by atoms with Gasteiger partial charge in [0, 0.05) is 12.6 Å². The van der Waals surface area contributed by atoms with Crippen LogP contribution in [0.3, 0.4) is 0 Å². The Hall–Kier alpha value is -2.10. The van der Waals surface area contributed by atoms with Crippen molar-refractivity contribution in [3.05, 3.63) is 39.5 Å². The molecule has 1 atom stereocenters. The van der Waals surface area contributed by atoms with E-state index in [1.165, 1.54) is 35.4 Å². The van der Waals surface area contributed by atoms with Gasteiger partial charge in [-0.2, -0.15) is 0 Å². The molecule has 3 N–H and O–H groups in total. The Balaban J connectivity index is 1.66. The summed E-state index contributed by atoms with van der Waals surface area (Å²) < 4.78 is 16.5. The van der Waals surface area contributed by atoms with Crippen molar-refractivity contribution in [3.63, 3.8) is 0 Å². The normalized spacial score (nSPS) is 17.1. The molecule has 0 radical (unpaired) electrons. The molecule has 1 unspecified atom stereocenters. The van der Waals surface area contributed by atoms with E-state index in [0.29, 0.717) is 0 Å². The third kappa shape index (κ3) is 3.42. The molecule has 9 heteroatoms. The molecule has 2 aliphatic rings. The number of nitrogens with one attached hydrogen (secondary N) is 1. The van der Waals surface area contributed by atoms with E-state index in [2.05, 4.69) is 20.7 Å². The number of anilines is 1. The maximum Gasteiger partial charge on any atom is 0.354 e. The van der Waals surface area contributed by atoms with Gasteiger partial charge in [-0.25, -0.2) is 19.1 Å². The Labute approximate surface area is 161 Å². The first-order chi connectivity index (χ1) is 12.8. The van der Waals surface area contributed by atoms with Crippen LogP contribution < -0.4 is 10.5 Å². The fourth-order valence-electron chi connectivity index (χ4n) is 3.82. The summed E-state index contributed by atoms with van der Waals surface area (Å²) in [4.78, 5) is 27.8. The smallest absolute Gasteiger partial charge is 0.305 e. The van der Waals surface area contributed by atoms with Crippen LogP contribution in [0.25, 0.3) is 0 Å². The molecule has 0 aliphatic heterocycles. The highest BCUT2D eigenvalue weighted by Gasteiger charge is 2.25. The number of Topliss-reactive ketones (excluding diaryl/α,β-unsaturated/α-hetero) is 1. The number of rotatable bonds is 3. The summed E-state index contributed by atoms with van der Waals surface area (Å²) in [5, 5.41) is 8.83. The first kappa shape index (κ1) is 18.3. The average Bonchev–Trinajstić information content (AvgIpc) is 3.34. The number of ketones is 1. The van der Waals surface area contributed by atoms with Gasteiger partial charge in [0.2, 0.25) is 0 Å². The maximum absolute atomic E-state index is 12.7. The maximum atomic E-state index is 12.7. The molecule has 2 amide bonds. The largest absolute Gasteiger partial charge is 0.354 e. The summed E-state index contributed by atoms with van der Waals surface area (Å²) in [6.45, 7) is 1.36. The number of thiazole rings is 1. The second-order valence-corrected chi connectivity index (χ2v) is 9.91. The van der Waals surface area contributed by atoms with Crippen molar-refractivity contribution in [1.82, 2.24) is 4.98 Å². The molecule has 27 heavy (non-hydrogen) atoms. The molecule has 2 aliphatic carbocycles. The predicted molar refractivity (Wildman–Crippen MR) is 105 cm³/mol. The number of nitrogens with two attached hydrogens (primary N) is 1. The van der Waals surface area contributed by atoms with E-state index in [4.69, 9.17) is 5.14 Å². The molecule has 1 aromatic heterocycles. The first-order valence-corrected chi connectivity index (χ1v) is 11.2. The van der Waals surface area contributed by atoms with Crippen LogP contribution in [0.1, 0.15) is 51.8 Å². The summed E-state index contributed by atoms with van der Waals surface area (Å²) in [7, 11) is -3.45. The molecule has 142 valence electrons. The summed E-state index contributed by atoms with van der Waals surface area (Å²) >= 11 is 0.902. The number of amides is 2. The van der Waals surface area contributed by atoms with Crippen LogP contribution in [-0.2, 0) is 35.6 Å². The van der Waals surface area contributed by atoms with Gasteiger partial charge in [-0.15, -0.1) is 4.36 Å². The quantitative estimate of drug-likeness (QED) is 0.764. The summed E-state index contributed by atoms with van der Waals surface area (Å²) in [6.07, 6.45) is 7.27. The van der Waals surface area contributed by atoms with Crippen LogP contribution in [0.4, 0.5) is 10.5 Å². The topological polar surface area (TPSA) is 115 Å². The highest BCUT2D eigenvalue weighted by atomic mass is 32.2. The van der Waals surface area contributed by atoms with Crippen LogP contribution in [0.2, 0.25) is 0 Å². The second-order valence-electron chi connectivity index (χ2n) is 6.86. The van der Waals surface area contributed by atoms with Crippen molar-refractivity contribution >= 4 is 38.8 Å². The number of aromatic nitrogens is 1. The van der Waals surface area contributed by atoms with Gasteiger partial charge < -0.3 is 5.32 Å². The van der Waals surface area contributed by atoms with E-state index in [1.54, 1.807) is 0 Å². The lowest BCUT2D eigenvalue weighted by Gasteiger charge is -2.15. The van der Waals surface area contributed by atoms with Crippen molar-refractivity contribution in [2.24, 2.45) is 9.50 Å². The molecule has 0 saturated heterocycles. The lowest BCUT2D eigenvalue weighted by molar-refractivity contribution is 0.101. The monoisotopic (exact) mass is 404 g/mol. The lowest BCUT2D eigenvalue weighted by Crippen LogP contribution is -2.18. The Morgan fingerprint density at radius 2 is 1.81 bits per heavy atom. The number of fused-ring (bicyclic) bond motifs is 2. The van der Waals surface area contributed by atoms with E-state index in [1.807, 2.05) is 0 Å². The number of nitrogens with zero attached hydrogens (tertiary/aromatic N) is 2. The second kappa shape index (κ2) is 6.81. The molecule has 1 aromatic carbocycles. The molecule has 2 aromatic rings. The third-order valence-electron chi connectivity index (χ3n) is 5.00. The minimum absolute atomic E-state index is 0.117. The van der Waals surface area contributed by atoms with E-state index in [0.717, 1.165) is 55.5 Å². The Bertz CT molecular complexity index is 1050. The molecule has 1 heterocycles. The highest BCUT2D eigenvalue weighted by molar-refractivity contribution is 7.93. The standard InChI is InChI=1S/C18H20N4O3S2/c1-10(23)17-20-9-15(26-17)27(19,25)22-18(24)21-16-13-6-2-4-11(13)8-12-5-3-7-14(12)16/h8-9H,2-7H2,1H3,(H3,19,21,22,24,25). The molecule has 0 fully saturated rings. The fraction of sp³-hybridized carbons (Fsp3) is 0.389.